The Bertz CT molecular complexity index is 426. The van der Waals surface area contributed by atoms with Gasteiger partial charge in [-0.05, 0) is 30.9 Å². The van der Waals surface area contributed by atoms with Gasteiger partial charge in [-0.2, -0.15) is 0 Å². The lowest BCUT2D eigenvalue weighted by molar-refractivity contribution is 0.170. The van der Waals surface area contributed by atoms with E-state index in [2.05, 4.69) is 0 Å². The molecule has 1 aliphatic heterocycles. The van der Waals surface area contributed by atoms with E-state index in [9.17, 15) is 4.39 Å². The van der Waals surface area contributed by atoms with Gasteiger partial charge in [-0.1, -0.05) is 19.1 Å². The van der Waals surface area contributed by atoms with Crippen molar-refractivity contribution in [1.82, 2.24) is 0 Å². The monoisotopic (exact) mass is 236 g/mol. The van der Waals surface area contributed by atoms with Gasteiger partial charge in [-0.25, -0.2) is 4.39 Å². The summed E-state index contributed by atoms with van der Waals surface area (Å²) in [5, 5.41) is 0. The summed E-state index contributed by atoms with van der Waals surface area (Å²) >= 11 is 0. The molecule has 1 aliphatic rings. The molecule has 0 aliphatic carbocycles. The van der Waals surface area contributed by atoms with Crippen LogP contribution in [0.5, 0.6) is 11.5 Å². The van der Waals surface area contributed by atoms with Crippen molar-refractivity contribution in [1.29, 1.82) is 0 Å². The van der Waals surface area contributed by atoms with Gasteiger partial charge in [0.2, 0.25) is 0 Å². The minimum atomic E-state index is -0.216. The van der Waals surface area contributed by atoms with E-state index in [1.807, 2.05) is 26.0 Å². The zero-order valence-corrected chi connectivity index (χ0v) is 10.2. The van der Waals surface area contributed by atoms with Gasteiger partial charge >= 0.3 is 0 Å². The van der Waals surface area contributed by atoms with E-state index < -0.39 is 0 Å². The molecule has 0 N–H and O–H groups in total. The maximum atomic E-state index is 13.9. The lowest BCUT2D eigenvalue weighted by Crippen LogP contribution is -2.16. The Morgan fingerprint density at radius 1 is 1.29 bits per heavy atom. The Hall–Kier alpha value is -1.51. The largest absolute Gasteiger partial charge is 0.486 e. The fourth-order valence-electron chi connectivity index (χ4n) is 1.92. The second-order valence-corrected chi connectivity index (χ2v) is 4.22. The van der Waals surface area contributed by atoms with Crippen molar-refractivity contribution in [3.05, 3.63) is 35.7 Å². The fraction of sp³-hybridized carbons (Fsp3) is 0.429. The molecule has 0 spiro atoms. The van der Waals surface area contributed by atoms with Crippen molar-refractivity contribution in [2.45, 2.75) is 26.2 Å². The van der Waals surface area contributed by atoms with Gasteiger partial charge in [0.05, 0.1) is 0 Å². The SMILES string of the molecule is C/C=C\CC(C)c1cc2c(cc1F)OCCO2. The first-order valence-corrected chi connectivity index (χ1v) is 5.92. The Labute approximate surface area is 101 Å². The van der Waals surface area contributed by atoms with Crippen LogP contribution in [0, 0.1) is 5.82 Å². The van der Waals surface area contributed by atoms with Crippen molar-refractivity contribution >= 4 is 0 Å². The first kappa shape index (κ1) is 12.0. The predicted octanol–water partition coefficient (Wildman–Crippen LogP) is 3.67. The maximum absolute atomic E-state index is 13.9. The normalized spacial score (nSPS) is 16.2. The van der Waals surface area contributed by atoms with E-state index in [1.165, 1.54) is 6.07 Å². The van der Waals surface area contributed by atoms with Crippen molar-refractivity contribution < 1.29 is 13.9 Å². The molecule has 0 fully saturated rings. The standard InChI is InChI=1S/C14H17FO2/c1-3-4-5-10(2)11-8-13-14(9-12(11)15)17-7-6-16-13/h3-4,8-10H,5-7H2,1-2H3/b4-3-. The predicted molar refractivity (Wildman–Crippen MR) is 65.2 cm³/mol. The third-order valence-corrected chi connectivity index (χ3v) is 2.92. The highest BCUT2D eigenvalue weighted by molar-refractivity contribution is 5.45. The van der Waals surface area contributed by atoms with E-state index in [0.717, 1.165) is 6.42 Å². The average Bonchev–Trinajstić information content (AvgIpc) is 2.35. The number of benzene rings is 1. The van der Waals surface area contributed by atoms with Crippen LogP contribution in [0.1, 0.15) is 31.7 Å². The molecule has 3 heteroatoms. The molecule has 0 bridgehead atoms. The summed E-state index contributed by atoms with van der Waals surface area (Å²) in [7, 11) is 0. The number of fused-ring (bicyclic) bond motifs is 1. The molecule has 0 amide bonds. The zero-order chi connectivity index (χ0) is 12.3. The van der Waals surface area contributed by atoms with Crippen molar-refractivity contribution in [2.24, 2.45) is 0 Å². The molecule has 2 nitrogen and oxygen atoms in total. The molecule has 2 rings (SSSR count). The topological polar surface area (TPSA) is 18.5 Å². The van der Waals surface area contributed by atoms with Gasteiger partial charge in [0.25, 0.3) is 0 Å². The number of hydrogen-bond donors (Lipinski definition) is 0. The third kappa shape index (κ3) is 2.60. The molecule has 0 saturated carbocycles. The summed E-state index contributed by atoms with van der Waals surface area (Å²) in [6.07, 6.45) is 4.85. The van der Waals surface area contributed by atoms with Crippen LogP contribution in [0.4, 0.5) is 4.39 Å². The fourth-order valence-corrected chi connectivity index (χ4v) is 1.92. The molecule has 1 heterocycles. The summed E-state index contributed by atoms with van der Waals surface area (Å²) in [6.45, 7) is 4.99. The molecule has 0 saturated heterocycles. The number of allylic oxidation sites excluding steroid dienone is 2. The minimum absolute atomic E-state index is 0.141. The molecule has 1 unspecified atom stereocenters. The highest BCUT2D eigenvalue weighted by Crippen LogP contribution is 2.36. The molecule has 0 radical (unpaired) electrons. The first-order chi connectivity index (χ1) is 8.22. The number of hydrogen-bond acceptors (Lipinski definition) is 2. The van der Waals surface area contributed by atoms with E-state index in [-0.39, 0.29) is 11.7 Å². The number of halogens is 1. The second kappa shape index (κ2) is 5.21. The summed E-state index contributed by atoms with van der Waals surface area (Å²) in [6, 6.07) is 3.19. The number of rotatable bonds is 3. The van der Waals surface area contributed by atoms with Crippen LogP contribution in [0.25, 0.3) is 0 Å². The molecule has 1 aromatic carbocycles. The summed E-state index contributed by atoms with van der Waals surface area (Å²) in [5.74, 6) is 1.09. The molecule has 92 valence electrons. The van der Waals surface area contributed by atoms with Crippen LogP contribution in [0.3, 0.4) is 0 Å². The summed E-state index contributed by atoms with van der Waals surface area (Å²) in [5.41, 5.74) is 0.687. The zero-order valence-electron chi connectivity index (χ0n) is 10.2. The van der Waals surface area contributed by atoms with Crippen LogP contribution < -0.4 is 9.47 Å². The van der Waals surface area contributed by atoms with Crippen LogP contribution in [0.2, 0.25) is 0 Å². The molecule has 1 aromatic rings. The van der Waals surface area contributed by atoms with Crippen LogP contribution in [-0.4, -0.2) is 13.2 Å². The van der Waals surface area contributed by atoms with E-state index in [0.29, 0.717) is 30.3 Å². The van der Waals surface area contributed by atoms with Gasteiger partial charge in [0, 0.05) is 6.07 Å². The summed E-state index contributed by atoms with van der Waals surface area (Å²) < 4.78 is 24.7. The molecule has 0 aromatic heterocycles. The van der Waals surface area contributed by atoms with Crippen molar-refractivity contribution in [3.8, 4) is 11.5 Å². The van der Waals surface area contributed by atoms with E-state index >= 15 is 0 Å². The molecular weight excluding hydrogens is 219 g/mol. The molecule has 17 heavy (non-hydrogen) atoms. The molecule has 1 atom stereocenters. The lowest BCUT2D eigenvalue weighted by atomic mass is 9.96. The average molecular weight is 236 g/mol. The van der Waals surface area contributed by atoms with E-state index in [4.69, 9.17) is 9.47 Å². The van der Waals surface area contributed by atoms with Crippen LogP contribution in [0.15, 0.2) is 24.3 Å². The third-order valence-electron chi connectivity index (χ3n) is 2.92. The Balaban J connectivity index is 2.27. The second-order valence-electron chi connectivity index (χ2n) is 4.22. The Kier molecular flexibility index (Phi) is 3.67. The van der Waals surface area contributed by atoms with Gasteiger partial charge < -0.3 is 9.47 Å². The Morgan fingerprint density at radius 3 is 2.59 bits per heavy atom. The van der Waals surface area contributed by atoms with Crippen molar-refractivity contribution in [2.75, 3.05) is 13.2 Å². The molecular formula is C14H17FO2. The summed E-state index contributed by atoms with van der Waals surface area (Å²) in [4.78, 5) is 0. The van der Waals surface area contributed by atoms with Gasteiger partial charge in [-0.3, -0.25) is 0 Å². The lowest BCUT2D eigenvalue weighted by Gasteiger charge is -2.21. The number of ether oxygens (including phenoxy) is 2. The van der Waals surface area contributed by atoms with Gasteiger partial charge in [0.15, 0.2) is 11.5 Å². The van der Waals surface area contributed by atoms with Gasteiger partial charge in [-0.15, -0.1) is 0 Å². The highest BCUT2D eigenvalue weighted by Gasteiger charge is 2.18. The Morgan fingerprint density at radius 2 is 1.94 bits per heavy atom. The van der Waals surface area contributed by atoms with Crippen molar-refractivity contribution in [3.63, 3.8) is 0 Å². The van der Waals surface area contributed by atoms with E-state index in [1.54, 1.807) is 6.07 Å². The highest BCUT2D eigenvalue weighted by atomic mass is 19.1. The first-order valence-electron chi connectivity index (χ1n) is 5.92. The minimum Gasteiger partial charge on any atom is -0.486 e. The van der Waals surface area contributed by atoms with Crippen LogP contribution >= 0.6 is 0 Å². The van der Waals surface area contributed by atoms with Crippen LogP contribution in [-0.2, 0) is 0 Å². The quantitative estimate of drug-likeness (QED) is 0.745. The smallest absolute Gasteiger partial charge is 0.164 e. The maximum Gasteiger partial charge on any atom is 0.164 e. The van der Waals surface area contributed by atoms with Gasteiger partial charge in [0.1, 0.15) is 19.0 Å².